The zero-order valence-corrected chi connectivity index (χ0v) is 11.2. The van der Waals surface area contributed by atoms with Crippen LogP contribution in [0.15, 0.2) is 0 Å². The van der Waals surface area contributed by atoms with Gasteiger partial charge in [-0.05, 0) is 6.92 Å². The van der Waals surface area contributed by atoms with Gasteiger partial charge in [-0.2, -0.15) is 0 Å². The Kier molecular flexibility index (Phi) is 6.26. The van der Waals surface area contributed by atoms with Gasteiger partial charge in [-0.1, -0.05) is 27.7 Å². The Bertz CT molecular complexity index is 249. The number of carbonyl (C=O) groups excluding carboxylic acids is 2. The fraction of sp³-hybridized carbons (Fsp3) is 0.833. The number of hydrogen-bond acceptors (Lipinski definition) is 3. The molecule has 0 rings (SSSR count). The van der Waals surface area contributed by atoms with Crippen molar-refractivity contribution in [3.05, 3.63) is 0 Å². The molecule has 0 radical (unpaired) electrons. The molecular formula is C12H24N2O2. The average molecular weight is 228 g/mol. The van der Waals surface area contributed by atoms with E-state index in [1.165, 1.54) is 4.90 Å². The van der Waals surface area contributed by atoms with Crippen molar-refractivity contribution < 1.29 is 9.59 Å². The maximum absolute atomic E-state index is 11.8. The molecule has 4 heteroatoms. The van der Waals surface area contributed by atoms with Gasteiger partial charge in [-0.3, -0.25) is 9.59 Å². The highest BCUT2D eigenvalue weighted by atomic mass is 16.2. The summed E-state index contributed by atoms with van der Waals surface area (Å²) in [5.41, 5.74) is 0. The molecule has 94 valence electrons. The number of Topliss-reactive ketones (excluding diaryl/α,β-unsaturated/α-hetero) is 1. The van der Waals surface area contributed by atoms with E-state index in [0.717, 1.165) is 0 Å². The van der Waals surface area contributed by atoms with E-state index in [0.29, 0.717) is 0 Å². The fourth-order valence-electron chi connectivity index (χ4n) is 1.40. The van der Waals surface area contributed by atoms with Gasteiger partial charge < -0.3 is 10.2 Å². The lowest BCUT2D eigenvalue weighted by Gasteiger charge is -2.23. The summed E-state index contributed by atoms with van der Waals surface area (Å²) in [6, 6.07) is 0.0121. The molecule has 1 N–H and O–H groups in total. The maximum atomic E-state index is 11.8. The van der Waals surface area contributed by atoms with Crippen LogP contribution in [0.5, 0.6) is 0 Å². The van der Waals surface area contributed by atoms with E-state index in [9.17, 15) is 9.59 Å². The molecule has 0 unspecified atom stereocenters. The van der Waals surface area contributed by atoms with Gasteiger partial charge in [0.1, 0.15) is 0 Å². The molecule has 0 aromatic rings. The maximum Gasteiger partial charge on any atom is 0.239 e. The summed E-state index contributed by atoms with van der Waals surface area (Å²) in [7, 11) is 1.67. The second-order valence-electron chi connectivity index (χ2n) is 4.86. The van der Waals surface area contributed by atoms with Crippen LogP contribution in [0.25, 0.3) is 0 Å². The Hall–Kier alpha value is -0.900. The molecule has 0 saturated heterocycles. The predicted molar refractivity (Wildman–Crippen MR) is 65.2 cm³/mol. The first-order valence-electron chi connectivity index (χ1n) is 5.79. The van der Waals surface area contributed by atoms with E-state index in [1.807, 2.05) is 34.6 Å². The second-order valence-corrected chi connectivity index (χ2v) is 4.86. The number of amides is 1. The topological polar surface area (TPSA) is 49.4 Å². The molecule has 0 spiro atoms. The number of carbonyl (C=O) groups is 2. The Morgan fingerprint density at radius 2 is 1.62 bits per heavy atom. The monoisotopic (exact) mass is 228 g/mol. The van der Waals surface area contributed by atoms with Gasteiger partial charge in [-0.15, -0.1) is 0 Å². The number of nitrogens with one attached hydrogen (secondary N) is 1. The van der Waals surface area contributed by atoms with Crippen molar-refractivity contribution in [1.82, 2.24) is 10.2 Å². The van der Waals surface area contributed by atoms with Gasteiger partial charge in [0, 0.05) is 19.0 Å². The van der Waals surface area contributed by atoms with Crippen molar-refractivity contribution in [1.29, 1.82) is 0 Å². The first kappa shape index (κ1) is 15.1. The lowest BCUT2D eigenvalue weighted by Crippen LogP contribution is -2.47. The van der Waals surface area contributed by atoms with Gasteiger partial charge in [0.05, 0.1) is 12.6 Å². The first-order valence-corrected chi connectivity index (χ1v) is 5.79. The highest BCUT2D eigenvalue weighted by molar-refractivity contribution is 5.88. The molecule has 0 heterocycles. The molecule has 0 fully saturated rings. The van der Waals surface area contributed by atoms with Gasteiger partial charge in [0.15, 0.2) is 5.78 Å². The zero-order chi connectivity index (χ0) is 12.9. The van der Waals surface area contributed by atoms with Gasteiger partial charge >= 0.3 is 0 Å². The smallest absolute Gasteiger partial charge is 0.239 e. The van der Waals surface area contributed by atoms with E-state index in [1.54, 1.807) is 7.05 Å². The molecule has 0 bridgehead atoms. The van der Waals surface area contributed by atoms with Crippen molar-refractivity contribution in [3.8, 4) is 0 Å². The third-order valence-electron chi connectivity index (χ3n) is 2.37. The summed E-state index contributed by atoms with van der Waals surface area (Å²) in [5.74, 6) is 0.0268. The van der Waals surface area contributed by atoms with Gasteiger partial charge in [-0.25, -0.2) is 0 Å². The Morgan fingerprint density at radius 1 is 1.12 bits per heavy atom. The van der Waals surface area contributed by atoms with Crippen molar-refractivity contribution >= 4 is 11.7 Å². The summed E-state index contributed by atoms with van der Waals surface area (Å²) < 4.78 is 0. The van der Waals surface area contributed by atoms with E-state index in [-0.39, 0.29) is 36.2 Å². The Labute approximate surface area is 98.4 Å². The number of ketones is 1. The van der Waals surface area contributed by atoms with E-state index >= 15 is 0 Å². The molecule has 0 aliphatic carbocycles. The highest BCUT2D eigenvalue weighted by Crippen LogP contribution is 1.99. The van der Waals surface area contributed by atoms with Crippen molar-refractivity contribution in [2.75, 3.05) is 13.6 Å². The molecule has 0 aromatic heterocycles. The molecule has 16 heavy (non-hydrogen) atoms. The molecule has 0 aromatic carbocycles. The van der Waals surface area contributed by atoms with Crippen molar-refractivity contribution in [2.45, 2.75) is 46.7 Å². The minimum absolute atomic E-state index is 0.0244. The van der Waals surface area contributed by atoms with Crippen LogP contribution in [0.3, 0.4) is 0 Å². The van der Waals surface area contributed by atoms with Gasteiger partial charge in [0.2, 0.25) is 5.91 Å². The summed E-state index contributed by atoms with van der Waals surface area (Å²) in [6.45, 7) is 9.68. The van der Waals surface area contributed by atoms with Crippen LogP contribution in [-0.4, -0.2) is 42.3 Å². The highest BCUT2D eigenvalue weighted by Gasteiger charge is 2.20. The van der Waals surface area contributed by atoms with Crippen LogP contribution >= 0.6 is 0 Å². The van der Waals surface area contributed by atoms with E-state index in [2.05, 4.69) is 5.32 Å². The quantitative estimate of drug-likeness (QED) is 0.739. The third-order valence-corrected chi connectivity index (χ3v) is 2.37. The number of rotatable bonds is 6. The average Bonchev–Trinajstić information content (AvgIpc) is 2.14. The van der Waals surface area contributed by atoms with Crippen LogP contribution in [0.4, 0.5) is 0 Å². The molecule has 4 nitrogen and oxygen atoms in total. The zero-order valence-electron chi connectivity index (χ0n) is 11.2. The molecule has 1 amide bonds. The van der Waals surface area contributed by atoms with E-state index in [4.69, 9.17) is 0 Å². The van der Waals surface area contributed by atoms with Crippen LogP contribution in [0, 0.1) is 5.92 Å². The molecule has 1 atom stereocenters. The lowest BCUT2D eigenvalue weighted by molar-refractivity contribution is -0.136. The van der Waals surface area contributed by atoms with Crippen molar-refractivity contribution in [3.63, 3.8) is 0 Å². The summed E-state index contributed by atoms with van der Waals surface area (Å²) in [5, 5.41) is 3.12. The number of hydrogen-bond donors (Lipinski definition) is 1. The summed E-state index contributed by atoms with van der Waals surface area (Å²) >= 11 is 0. The lowest BCUT2D eigenvalue weighted by atomic mass is 10.1. The molecule has 0 aliphatic rings. The van der Waals surface area contributed by atoms with Crippen LogP contribution < -0.4 is 5.32 Å². The minimum atomic E-state index is -0.245. The molecule has 0 saturated carbocycles. The number of nitrogens with zero attached hydrogens (tertiary/aromatic N) is 1. The Balaban J connectivity index is 4.22. The SMILES string of the molecule is CC(C)N[C@H](C)C(=O)N(C)CC(=O)C(C)C. The standard InChI is InChI=1S/C12H24N2O2/c1-8(2)11(15)7-14(6)12(16)10(5)13-9(3)4/h8-10,13H,7H2,1-6H3/t10-/m1/s1. The van der Waals surface area contributed by atoms with Crippen LogP contribution in [0.1, 0.15) is 34.6 Å². The molecule has 0 aliphatic heterocycles. The summed E-state index contributed by atoms with van der Waals surface area (Å²) in [4.78, 5) is 24.8. The molecular weight excluding hydrogens is 204 g/mol. The second kappa shape index (κ2) is 6.63. The summed E-state index contributed by atoms with van der Waals surface area (Å²) in [6.07, 6.45) is 0. The number of likely N-dealkylation sites (N-methyl/N-ethyl adjacent to an activating group) is 1. The Morgan fingerprint density at radius 3 is 2.00 bits per heavy atom. The van der Waals surface area contributed by atoms with E-state index < -0.39 is 0 Å². The normalized spacial score (nSPS) is 13.0. The third kappa shape index (κ3) is 5.26. The largest absolute Gasteiger partial charge is 0.337 e. The van der Waals surface area contributed by atoms with Gasteiger partial charge in [0.25, 0.3) is 0 Å². The van der Waals surface area contributed by atoms with Crippen LogP contribution in [0.2, 0.25) is 0 Å². The minimum Gasteiger partial charge on any atom is -0.337 e. The van der Waals surface area contributed by atoms with Crippen LogP contribution in [-0.2, 0) is 9.59 Å². The fourth-order valence-corrected chi connectivity index (χ4v) is 1.40. The van der Waals surface area contributed by atoms with Crippen molar-refractivity contribution in [2.24, 2.45) is 5.92 Å². The predicted octanol–water partition coefficient (Wildman–Crippen LogP) is 1.06. The first-order chi connectivity index (χ1) is 7.25.